The Morgan fingerprint density at radius 2 is 1.95 bits per heavy atom. The minimum Gasteiger partial charge on any atom is -0.481 e. The van der Waals surface area contributed by atoms with Crippen molar-refractivity contribution in [1.29, 1.82) is 0 Å². The van der Waals surface area contributed by atoms with Gasteiger partial charge in [-0.05, 0) is 47.9 Å². The van der Waals surface area contributed by atoms with Crippen LogP contribution in [0.15, 0.2) is 0 Å². The van der Waals surface area contributed by atoms with E-state index < -0.39 is 11.4 Å². The highest BCUT2D eigenvalue weighted by molar-refractivity contribution is 5.74. The number of hydrogen-bond donors (Lipinski definition) is 1. The van der Waals surface area contributed by atoms with Gasteiger partial charge in [-0.25, -0.2) is 4.68 Å². The summed E-state index contributed by atoms with van der Waals surface area (Å²) in [6, 6.07) is 0. The van der Waals surface area contributed by atoms with Crippen LogP contribution in [-0.2, 0) is 11.3 Å². The van der Waals surface area contributed by atoms with Crippen molar-refractivity contribution in [2.75, 3.05) is 0 Å². The van der Waals surface area contributed by atoms with E-state index in [9.17, 15) is 9.90 Å². The Morgan fingerprint density at radius 3 is 2.60 bits per heavy atom. The van der Waals surface area contributed by atoms with Gasteiger partial charge in [-0.2, -0.15) is 0 Å². The van der Waals surface area contributed by atoms with Crippen LogP contribution in [0.25, 0.3) is 0 Å². The maximum atomic E-state index is 11.7. The molecule has 1 N–H and O–H groups in total. The summed E-state index contributed by atoms with van der Waals surface area (Å²) in [7, 11) is 0. The first-order valence-corrected chi connectivity index (χ1v) is 7.71. The predicted octanol–water partition coefficient (Wildman–Crippen LogP) is 1.83. The average molecular weight is 276 g/mol. The van der Waals surface area contributed by atoms with Gasteiger partial charge in [0.25, 0.3) is 0 Å². The fourth-order valence-corrected chi connectivity index (χ4v) is 4.55. The largest absolute Gasteiger partial charge is 0.481 e. The van der Waals surface area contributed by atoms with Gasteiger partial charge < -0.3 is 5.11 Å². The van der Waals surface area contributed by atoms with Crippen molar-refractivity contribution < 1.29 is 9.90 Å². The number of aromatic nitrogens is 4. The van der Waals surface area contributed by atoms with Gasteiger partial charge in [-0.1, -0.05) is 19.3 Å². The van der Waals surface area contributed by atoms with Gasteiger partial charge in [0, 0.05) is 5.92 Å². The van der Waals surface area contributed by atoms with Crippen molar-refractivity contribution in [3.63, 3.8) is 0 Å². The van der Waals surface area contributed by atoms with Crippen LogP contribution < -0.4 is 0 Å². The number of hydrogen-bond acceptors (Lipinski definition) is 4. The van der Waals surface area contributed by atoms with Crippen molar-refractivity contribution in [2.45, 2.75) is 57.4 Å². The summed E-state index contributed by atoms with van der Waals surface area (Å²) in [5, 5.41) is 21.7. The maximum Gasteiger partial charge on any atom is 0.311 e. The van der Waals surface area contributed by atoms with Crippen LogP contribution in [0.1, 0.15) is 56.7 Å². The summed E-state index contributed by atoms with van der Waals surface area (Å²) >= 11 is 0. The zero-order valence-corrected chi connectivity index (χ0v) is 11.5. The van der Waals surface area contributed by atoms with Crippen molar-refractivity contribution >= 4 is 5.97 Å². The van der Waals surface area contributed by atoms with Crippen molar-refractivity contribution in [3.05, 3.63) is 5.82 Å². The molecule has 0 bridgehead atoms. The van der Waals surface area contributed by atoms with E-state index in [4.69, 9.17) is 0 Å². The van der Waals surface area contributed by atoms with Crippen LogP contribution in [0.2, 0.25) is 0 Å². The molecule has 1 aromatic heterocycles. The van der Waals surface area contributed by atoms with E-state index in [1.54, 1.807) is 4.68 Å². The van der Waals surface area contributed by atoms with E-state index in [-0.39, 0.29) is 0 Å². The Morgan fingerprint density at radius 1 is 1.25 bits per heavy atom. The molecule has 3 aliphatic carbocycles. The number of fused-ring (bicyclic) bond motifs is 1. The minimum atomic E-state index is -0.688. The Kier molecular flexibility index (Phi) is 2.62. The van der Waals surface area contributed by atoms with Crippen LogP contribution in [0, 0.1) is 17.3 Å². The Balaban J connectivity index is 1.57. The second-order valence-electron chi connectivity index (χ2n) is 6.77. The van der Waals surface area contributed by atoms with E-state index in [0.29, 0.717) is 12.5 Å². The molecular formula is C14H20N4O2. The summed E-state index contributed by atoms with van der Waals surface area (Å²) in [6.07, 6.45) is 7.39. The third-order valence-electron chi connectivity index (χ3n) is 5.73. The molecule has 2 unspecified atom stereocenters. The first kappa shape index (κ1) is 12.3. The standard InChI is InChI=1S/C14H20N4O2/c19-13(20)14(6-1-2-7-14)8-18-12(15-16-17-18)11-9-4-3-5-10(9)11/h9-11H,1-8H2,(H,19,20). The van der Waals surface area contributed by atoms with Gasteiger partial charge in [0.1, 0.15) is 0 Å². The first-order valence-electron chi connectivity index (χ1n) is 7.71. The van der Waals surface area contributed by atoms with Crippen LogP contribution in [-0.4, -0.2) is 31.3 Å². The summed E-state index contributed by atoms with van der Waals surface area (Å²) < 4.78 is 1.79. The van der Waals surface area contributed by atoms with Crippen LogP contribution in [0.3, 0.4) is 0 Å². The van der Waals surface area contributed by atoms with Gasteiger partial charge in [0.2, 0.25) is 0 Å². The lowest BCUT2D eigenvalue weighted by Gasteiger charge is -2.23. The number of carboxylic acid groups (broad SMARTS) is 1. The van der Waals surface area contributed by atoms with Gasteiger partial charge in [0.15, 0.2) is 5.82 Å². The molecule has 0 amide bonds. The zero-order valence-electron chi connectivity index (χ0n) is 11.5. The molecule has 4 rings (SSSR count). The number of carboxylic acids is 1. The molecule has 6 nitrogen and oxygen atoms in total. The van der Waals surface area contributed by atoms with Crippen LogP contribution >= 0.6 is 0 Å². The summed E-state index contributed by atoms with van der Waals surface area (Å²) in [6.45, 7) is 0.445. The summed E-state index contributed by atoms with van der Waals surface area (Å²) in [5.41, 5.74) is -0.645. The molecule has 3 fully saturated rings. The third kappa shape index (κ3) is 1.70. The highest BCUT2D eigenvalue weighted by Crippen LogP contribution is 2.62. The van der Waals surface area contributed by atoms with Gasteiger partial charge in [0.05, 0.1) is 12.0 Å². The Hall–Kier alpha value is -1.46. The van der Waals surface area contributed by atoms with E-state index in [0.717, 1.165) is 43.3 Å². The Bertz CT molecular complexity index is 525. The lowest BCUT2D eigenvalue weighted by molar-refractivity contribution is -0.149. The molecule has 108 valence electrons. The Labute approximate surface area is 117 Å². The molecule has 1 aromatic rings. The van der Waals surface area contributed by atoms with Gasteiger partial charge in [-0.3, -0.25) is 4.79 Å². The summed E-state index contributed by atoms with van der Waals surface area (Å²) in [5.74, 6) is 2.25. The molecule has 3 saturated carbocycles. The molecule has 2 atom stereocenters. The molecule has 0 saturated heterocycles. The smallest absolute Gasteiger partial charge is 0.311 e. The molecule has 3 aliphatic rings. The SMILES string of the molecule is O=C(O)C1(Cn2nnnc2C2C3CCCC32)CCCC1. The van der Waals surface area contributed by atoms with Crippen molar-refractivity contribution in [2.24, 2.45) is 17.3 Å². The van der Waals surface area contributed by atoms with E-state index in [1.807, 2.05) is 0 Å². The van der Waals surface area contributed by atoms with Gasteiger partial charge >= 0.3 is 5.97 Å². The first-order chi connectivity index (χ1) is 9.71. The fraction of sp³-hybridized carbons (Fsp3) is 0.857. The highest BCUT2D eigenvalue weighted by Gasteiger charge is 2.56. The average Bonchev–Trinajstić information content (AvgIpc) is 2.96. The molecule has 20 heavy (non-hydrogen) atoms. The molecular weight excluding hydrogens is 256 g/mol. The van der Waals surface area contributed by atoms with Crippen molar-refractivity contribution in [1.82, 2.24) is 20.2 Å². The quantitative estimate of drug-likeness (QED) is 0.907. The lowest BCUT2D eigenvalue weighted by atomic mass is 9.86. The lowest BCUT2D eigenvalue weighted by Crippen LogP contribution is -2.33. The summed E-state index contributed by atoms with van der Waals surface area (Å²) in [4.78, 5) is 11.7. The third-order valence-corrected chi connectivity index (χ3v) is 5.73. The second-order valence-corrected chi connectivity index (χ2v) is 6.77. The predicted molar refractivity (Wildman–Crippen MR) is 69.9 cm³/mol. The molecule has 6 heteroatoms. The zero-order chi connectivity index (χ0) is 13.7. The van der Waals surface area contributed by atoms with E-state index in [2.05, 4.69) is 15.5 Å². The second kappa shape index (κ2) is 4.27. The van der Waals surface area contributed by atoms with E-state index >= 15 is 0 Å². The number of nitrogens with zero attached hydrogens (tertiary/aromatic N) is 4. The minimum absolute atomic E-state index is 0.445. The topological polar surface area (TPSA) is 80.9 Å². The highest BCUT2D eigenvalue weighted by atomic mass is 16.4. The monoisotopic (exact) mass is 276 g/mol. The van der Waals surface area contributed by atoms with Crippen LogP contribution in [0.5, 0.6) is 0 Å². The molecule has 0 radical (unpaired) electrons. The van der Waals surface area contributed by atoms with E-state index in [1.165, 1.54) is 19.3 Å². The molecule has 0 aromatic carbocycles. The number of tetrazole rings is 1. The van der Waals surface area contributed by atoms with Crippen LogP contribution in [0.4, 0.5) is 0 Å². The maximum absolute atomic E-state index is 11.7. The molecule has 0 spiro atoms. The van der Waals surface area contributed by atoms with Gasteiger partial charge in [-0.15, -0.1) is 5.10 Å². The fourth-order valence-electron chi connectivity index (χ4n) is 4.55. The number of aliphatic carboxylic acids is 1. The van der Waals surface area contributed by atoms with Crippen molar-refractivity contribution in [3.8, 4) is 0 Å². The molecule has 0 aliphatic heterocycles. The molecule has 1 heterocycles. The number of rotatable bonds is 4. The number of carbonyl (C=O) groups is 1. The normalized spacial score (nSPS) is 34.1.